The molecule has 0 spiro atoms. The first kappa shape index (κ1) is 13.9. The summed E-state index contributed by atoms with van der Waals surface area (Å²) in [5.41, 5.74) is 8.79. The Morgan fingerprint density at radius 2 is 1.90 bits per heavy atom. The topological polar surface area (TPSA) is 69.6 Å². The molecule has 3 aromatic rings. The van der Waals surface area contributed by atoms with Gasteiger partial charge in [0.1, 0.15) is 0 Å². The number of aryl methyl sites for hydroxylation is 1. The fourth-order valence-electron chi connectivity index (χ4n) is 2.09. The number of hydrogen-bond donors (Lipinski definition) is 1. The van der Waals surface area contributed by atoms with Crippen molar-refractivity contribution in [2.45, 2.75) is 6.92 Å². The number of para-hydroxylation sites is 1. The summed E-state index contributed by atoms with van der Waals surface area (Å²) in [6, 6.07) is 10.9. The smallest absolute Gasteiger partial charge is 0.187 e. The van der Waals surface area contributed by atoms with Gasteiger partial charge in [0.2, 0.25) is 0 Å². The molecule has 0 unspecified atom stereocenters. The summed E-state index contributed by atoms with van der Waals surface area (Å²) >= 11 is 12.2. The lowest BCUT2D eigenvalue weighted by Gasteiger charge is -2.10. The summed E-state index contributed by atoms with van der Waals surface area (Å²) in [7, 11) is 0. The molecule has 2 N–H and O–H groups in total. The van der Waals surface area contributed by atoms with E-state index in [0.29, 0.717) is 21.6 Å². The first-order valence-corrected chi connectivity index (χ1v) is 6.93. The van der Waals surface area contributed by atoms with Crippen LogP contribution in [0.5, 0.6) is 0 Å². The Balaban J connectivity index is 2.20. The van der Waals surface area contributed by atoms with Crippen molar-refractivity contribution in [3.05, 3.63) is 52.0 Å². The lowest BCUT2D eigenvalue weighted by molar-refractivity contribution is 0.787. The Labute approximate surface area is 131 Å². The number of rotatable bonds is 2. The molecule has 1 aromatic heterocycles. The molecule has 3 rings (SSSR count). The van der Waals surface area contributed by atoms with Crippen LogP contribution in [0.2, 0.25) is 10.0 Å². The van der Waals surface area contributed by atoms with E-state index in [2.05, 4.69) is 15.5 Å². The lowest BCUT2D eigenvalue weighted by Crippen LogP contribution is -2.03. The van der Waals surface area contributed by atoms with Crippen LogP contribution in [-0.4, -0.2) is 20.2 Å². The highest BCUT2D eigenvalue weighted by molar-refractivity contribution is 6.33. The molecule has 106 valence electrons. The molecule has 0 fully saturated rings. The average Bonchev–Trinajstić information content (AvgIpc) is 2.91. The maximum atomic E-state index is 6.27. The molecule has 5 nitrogen and oxygen atoms in total. The second-order valence-corrected chi connectivity index (χ2v) is 5.37. The SMILES string of the molecule is Cc1cccc(Cl)c1-n1nnnc1-c1ccc(Cl)c(N)c1. The van der Waals surface area contributed by atoms with Gasteiger partial charge in [-0.1, -0.05) is 35.3 Å². The molecule has 0 aliphatic heterocycles. The van der Waals surface area contributed by atoms with Crippen molar-refractivity contribution in [1.82, 2.24) is 20.2 Å². The Hall–Kier alpha value is -2.11. The van der Waals surface area contributed by atoms with Crippen molar-refractivity contribution in [3.8, 4) is 17.1 Å². The standard InChI is InChI=1S/C14H11Cl2N5/c1-8-3-2-4-11(16)13(8)21-14(18-19-20-21)9-5-6-10(15)12(17)7-9/h2-7H,17H2,1H3. The molecule has 0 radical (unpaired) electrons. The monoisotopic (exact) mass is 319 g/mol. The van der Waals surface area contributed by atoms with Crippen molar-refractivity contribution < 1.29 is 0 Å². The van der Waals surface area contributed by atoms with Gasteiger partial charge in [0.25, 0.3) is 0 Å². The van der Waals surface area contributed by atoms with E-state index in [1.54, 1.807) is 22.9 Å². The van der Waals surface area contributed by atoms with Gasteiger partial charge in [-0.15, -0.1) is 5.10 Å². The molecular weight excluding hydrogens is 309 g/mol. The number of anilines is 1. The first-order chi connectivity index (χ1) is 10.1. The van der Waals surface area contributed by atoms with Gasteiger partial charge in [0, 0.05) is 5.56 Å². The highest BCUT2D eigenvalue weighted by atomic mass is 35.5. The van der Waals surface area contributed by atoms with Crippen LogP contribution < -0.4 is 5.73 Å². The molecule has 2 aromatic carbocycles. The van der Waals surface area contributed by atoms with Crippen molar-refractivity contribution in [1.29, 1.82) is 0 Å². The first-order valence-electron chi connectivity index (χ1n) is 6.17. The van der Waals surface area contributed by atoms with Crippen LogP contribution in [0, 0.1) is 6.92 Å². The third-order valence-electron chi connectivity index (χ3n) is 3.12. The van der Waals surface area contributed by atoms with Gasteiger partial charge >= 0.3 is 0 Å². The van der Waals surface area contributed by atoms with E-state index in [0.717, 1.165) is 16.8 Å². The number of nitrogens with two attached hydrogens (primary N) is 1. The van der Waals surface area contributed by atoms with Gasteiger partial charge < -0.3 is 5.73 Å². The van der Waals surface area contributed by atoms with E-state index in [9.17, 15) is 0 Å². The van der Waals surface area contributed by atoms with Crippen LogP contribution in [0.15, 0.2) is 36.4 Å². The van der Waals surface area contributed by atoms with Crippen LogP contribution in [0.1, 0.15) is 5.56 Å². The number of tetrazole rings is 1. The number of nitrogen functional groups attached to an aromatic ring is 1. The maximum Gasteiger partial charge on any atom is 0.187 e. The molecule has 21 heavy (non-hydrogen) atoms. The Kier molecular flexibility index (Phi) is 3.53. The van der Waals surface area contributed by atoms with E-state index in [4.69, 9.17) is 28.9 Å². The summed E-state index contributed by atoms with van der Waals surface area (Å²) < 4.78 is 1.60. The van der Waals surface area contributed by atoms with E-state index in [1.807, 2.05) is 25.1 Å². The lowest BCUT2D eigenvalue weighted by atomic mass is 10.1. The van der Waals surface area contributed by atoms with Crippen LogP contribution in [0.25, 0.3) is 17.1 Å². The number of benzene rings is 2. The fourth-order valence-corrected chi connectivity index (χ4v) is 2.51. The summed E-state index contributed by atoms with van der Waals surface area (Å²) in [5.74, 6) is 0.551. The van der Waals surface area contributed by atoms with Gasteiger partial charge in [-0.25, -0.2) is 0 Å². The molecule has 0 saturated heterocycles. The van der Waals surface area contributed by atoms with Crippen LogP contribution in [0.4, 0.5) is 5.69 Å². The summed E-state index contributed by atoms with van der Waals surface area (Å²) in [6.45, 7) is 1.95. The zero-order chi connectivity index (χ0) is 15.0. The number of nitrogens with zero attached hydrogens (tertiary/aromatic N) is 4. The zero-order valence-electron chi connectivity index (χ0n) is 11.1. The largest absolute Gasteiger partial charge is 0.398 e. The van der Waals surface area contributed by atoms with Crippen LogP contribution in [-0.2, 0) is 0 Å². The minimum atomic E-state index is 0.472. The number of aromatic nitrogens is 4. The molecule has 7 heteroatoms. The predicted molar refractivity (Wildman–Crippen MR) is 83.8 cm³/mol. The van der Waals surface area contributed by atoms with Gasteiger partial charge in [0.05, 0.1) is 21.4 Å². The molecular formula is C14H11Cl2N5. The quantitative estimate of drug-likeness (QED) is 0.733. The van der Waals surface area contributed by atoms with Crippen molar-refractivity contribution in [2.75, 3.05) is 5.73 Å². The van der Waals surface area contributed by atoms with E-state index >= 15 is 0 Å². The third kappa shape index (κ3) is 2.46. The van der Waals surface area contributed by atoms with E-state index in [1.165, 1.54) is 0 Å². The molecule has 1 heterocycles. The number of halogens is 2. The van der Waals surface area contributed by atoms with Gasteiger partial charge in [-0.2, -0.15) is 4.68 Å². The van der Waals surface area contributed by atoms with Crippen LogP contribution >= 0.6 is 23.2 Å². The second-order valence-electron chi connectivity index (χ2n) is 4.56. The van der Waals surface area contributed by atoms with Crippen LogP contribution in [0.3, 0.4) is 0 Å². The summed E-state index contributed by atoms with van der Waals surface area (Å²) in [6.07, 6.45) is 0. The summed E-state index contributed by atoms with van der Waals surface area (Å²) in [4.78, 5) is 0. The van der Waals surface area contributed by atoms with Crippen molar-refractivity contribution in [3.63, 3.8) is 0 Å². The zero-order valence-corrected chi connectivity index (χ0v) is 12.6. The van der Waals surface area contributed by atoms with Gasteiger partial charge in [-0.05, 0) is 47.2 Å². The summed E-state index contributed by atoms with van der Waals surface area (Å²) in [5, 5.41) is 12.9. The minimum Gasteiger partial charge on any atom is -0.398 e. The number of hydrogen-bond acceptors (Lipinski definition) is 4. The average molecular weight is 320 g/mol. The highest BCUT2D eigenvalue weighted by Crippen LogP contribution is 2.29. The van der Waals surface area contributed by atoms with Gasteiger partial charge in [-0.3, -0.25) is 0 Å². The molecule has 0 amide bonds. The Morgan fingerprint density at radius 1 is 1.10 bits per heavy atom. The molecule has 0 aliphatic carbocycles. The third-order valence-corrected chi connectivity index (χ3v) is 3.77. The van der Waals surface area contributed by atoms with Gasteiger partial charge in [0.15, 0.2) is 5.82 Å². The van der Waals surface area contributed by atoms with E-state index < -0.39 is 0 Å². The normalized spacial score (nSPS) is 10.8. The predicted octanol–water partition coefficient (Wildman–Crippen LogP) is 3.53. The van der Waals surface area contributed by atoms with Crippen molar-refractivity contribution >= 4 is 28.9 Å². The molecule has 0 aliphatic rings. The maximum absolute atomic E-state index is 6.27. The second kappa shape index (κ2) is 5.35. The van der Waals surface area contributed by atoms with Crippen molar-refractivity contribution in [2.24, 2.45) is 0 Å². The minimum absolute atomic E-state index is 0.472. The highest BCUT2D eigenvalue weighted by Gasteiger charge is 2.15. The molecule has 0 atom stereocenters. The molecule has 0 saturated carbocycles. The molecule has 0 bridgehead atoms. The van der Waals surface area contributed by atoms with E-state index in [-0.39, 0.29) is 0 Å². The Bertz CT molecular complexity index is 793. The Morgan fingerprint density at radius 3 is 2.62 bits per heavy atom. The fraction of sp³-hybridized carbons (Fsp3) is 0.0714.